The second-order valence-electron chi connectivity index (χ2n) is 5.26. The molecule has 0 unspecified atom stereocenters. The van der Waals surface area contributed by atoms with Gasteiger partial charge in [0.15, 0.2) is 0 Å². The van der Waals surface area contributed by atoms with Gasteiger partial charge in [-0.2, -0.15) is 0 Å². The Labute approximate surface area is 148 Å². The van der Waals surface area contributed by atoms with Gasteiger partial charge >= 0.3 is 0 Å². The molecule has 0 atom stereocenters. The van der Waals surface area contributed by atoms with Crippen molar-refractivity contribution < 1.29 is 18.7 Å². The Hall–Kier alpha value is -2.87. The lowest BCUT2D eigenvalue weighted by molar-refractivity contribution is 0.102. The lowest BCUT2D eigenvalue weighted by Crippen LogP contribution is -2.12. The molecule has 2 aromatic heterocycles. The summed E-state index contributed by atoms with van der Waals surface area (Å²) in [5.41, 5.74) is 1.14. The van der Waals surface area contributed by atoms with Crippen LogP contribution in [0.25, 0.3) is 10.8 Å². The maximum atomic E-state index is 12.6. The number of aryl methyl sites for hydroxylation is 2. The van der Waals surface area contributed by atoms with Crippen LogP contribution in [0.3, 0.4) is 0 Å². The number of hydrogen-bond acceptors (Lipinski definition) is 7. The van der Waals surface area contributed by atoms with Crippen molar-refractivity contribution in [2.24, 2.45) is 0 Å². The molecule has 3 rings (SSSR count). The van der Waals surface area contributed by atoms with Crippen LogP contribution in [0.2, 0.25) is 0 Å². The number of benzene rings is 1. The molecule has 25 heavy (non-hydrogen) atoms. The number of amides is 1. The number of ether oxygens (including phenoxy) is 2. The Bertz CT molecular complexity index is 894. The maximum Gasteiger partial charge on any atom is 0.257 e. The third-order valence-electron chi connectivity index (χ3n) is 3.52. The highest BCUT2D eigenvalue weighted by Crippen LogP contribution is 2.34. The number of methoxy groups -OCH3 is 2. The van der Waals surface area contributed by atoms with Gasteiger partial charge < -0.3 is 19.2 Å². The molecule has 0 saturated carbocycles. The third-order valence-corrected chi connectivity index (χ3v) is 4.55. The predicted octanol–water partition coefficient (Wildman–Crippen LogP) is 3.68. The zero-order valence-electron chi connectivity index (χ0n) is 14.2. The van der Waals surface area contributed by atoms with Gasteiger partial charge in [-0.05, 0) is 25.1 Å². The van der Waals surface area contributed by atoms with E-state index in [1.54, 1.807) is 25.1 Å². The van der Waals surface area contributed by atoms with Crippen molar-refractivity contribution in [3.8, 4) is 22.3 Å². The number of hydrogen-bond donors (Lipinski definition) is 1. The van der Waals surface area contributed by atoms with Gasteiger partial charge in [-0.25, -0.2) is 0 Å². The molecule has 0 fully saturated rings. The molecule has 0 aliphatic rings. The lowest BCUT2D eigenvalue weighted by atomic mass is 10.2. The van der Waals surface area contributed by atoms with Crippen molar-refractivity contribution in [2.45, 2.75) is 13.8 Å². The highest BCUT2D eigenvalue weighted by Gasteiger charge is 2.16. The molecule has 1 N–H and O–H groups in total. The number of aromatic nitrogens is 2. The number of anilines is 1. The van der Waals surface area contributed by atoms with Gasteiger partial charge in [0, 0.05) is 23.4 Å². The first kappa shape index (κ1) is 17.0. The van der Waals surface area contributed by atoms with Gasteiger partial charge in [-0.1, -0.05) is 0 Å². The van der Waals surface area contributed by atoms with E-state index in [4.69, 9.17) is 13.9 Å². The topological polar surface area (TPSA) is 86.5 Å². The van der Waals surface area contributed by atoms with Crippen LogP contribution in [0.5, 0.6) is 11.5 Å². The second-order valence-corrected chi connectivity index (χ2v) is 6.52. The van der Waals surface area contributed by atoms with Crippen LogP contribution in [0.1, 0.15) is 21.1 Å². The average molecular weight is 359 g/mol. The van der Waals surface area contributed by atoms with Gasteiger partial charge in [0.05, 0.1) is 24.8 Å². The van der Waals surface area contributed by atoms with Crippen molar-refractivity contribution in [3.63, 3.8) is 0 Å². The minimum atomic E-state index is -0.258. The molecule has 0 radical (unpaired) electrons. The van der Waals surface area contributed by atoms with Gasteiger partial charge in [0.25, 0.3) is 11.8 Å². The Morgan fingerprint density at radius 1 is 1.08 bits per heavy atom. The van der Waals surface area contributed by atoms with E-state index in [0.717, 1.165) is 9.75 Å². The van der Waals surface area contributed by atoms with Crippen molar-refractivity contribution >= 4 is 22.9 Å². The molecule has 0 aliphatic carbocycles. The Kier molecular flexibility index (Phi) is 4.71. The minimum Gasteiger partial charge on any atom is -0.497 e. The molecule has 130 valence electrons. The zero-order valence-corrected chi connectivity index (χ0v) is 15.1. The van der Waals surface area contributed by atoms with Crippen LogP contribution in [0.15, 0.2) is 28.7 Å². The van der Waals surface area contributed by atoms with Crippen molar-refractivity contribution in [2.75, 3.05) is 19.5 Å². The summed E-state index contributed by atoms with van der Waals surface area (Å²) in [6.07, 6.45) is 0. The van der Waals surface area contributed by atoms with Crippen LogP contribution in [0.4, 0.5) is 5.69 Å². The number of nitrogens with zero attached hydrogens (tertiary/aromatic N) is 2. The summed E-state index contributed by atoms with van der Waals surface area (Å²) in [4.78, 5) is 14.3. The molecular formula is C17H17N3O4S. The molecule has 2 heterocycles. The van der Waals surface area contributed by atoms with E-state index >= 15 is 0 Å². The number of carbonyl (C=O) groups is 1. The van der Waals surface area contributed by atoms with E-state index in [1.165, 1.54) is 25.6 Å². The van der Waals surface area contributed by atoms with Crippen LogP contribution >= 0.6 is 11.3 Å². The number of thiophene rings is 1. The summed E-state index contributed by atoms with van der Waals surface area (Å²) in [5, 5.41) is 10.7. The smallest absolute Gasteiger partial charge is 0.257 e. The van der Waals surface area contributed by atoms with Crippen molar-refractivity contribution in [1.82, 2.24) is 10.2 Å². The fourth-order valence-corrected chi connectivity index (χ4v) is 3.14. The van der Waals surface area contributed by atoms with Gasteiger partial charge in [0.1, 0.15) is 11.5 Å². The molecule has 0 bridgehead atoms. The van der Waals surface area contributed by atoms with Crippen LogP contribution in [0, 0.1) is 13.8 Å². The Morgan fingerprint density at radius 2 is 1.76 bits per heavy atom. The number of nitrogens with one attached hydrogen (secondary N) is 1. The van der Waals surface area contributed by atoms with Gasteiger partial charge in [-0.3, -0.25) is 4.79 Å². The van der Waals surface area contributed by atoms with Crippen LogP contribution in [-0.2, 0) is 0 Å². The van der Waals surface area contributed by atoms with Crippen LogP contribution in [-0.4, -0.2) is 30.3 Å². The summed E-state index contributed by atoms with van der Waals surface area (Å²) >= 11 is 1.47. The van der Waals surface area contributed by atoms with Gasteiger partial charge in [-0.15, -0.1) is 21.5 Å². The highest BCUT2D eigenvalue weighted by molar-refractivity contribution is 7.15. The number of rotatable bonds is 5. The van der Waals surface area contributed by atoms with Crippen LogP contribution < -0.4 is 14.8 Å². The lowest BCUT2D eigenvalue weighted by Gasteiger charge is -2.09. The zero-order chi connectivity index (χ0) is 18.0. The maximum absolute atomic E-state index is 12.6. The average Bonchev–Trinajstić information content (AvgIpc) is 3.20. The van der Waals surface area contributed by atoms with Gasteiger partial charge in [0.2, 0.25) is 5.89 Å². The first-order chi connectivity index (χ1) is 12.0. The Balaban J connectivity index is 1.85. The quantitative estimate of drug-likeness (QED) is 0.748. The normalized spacial score (nSPS) is 10.6. The fourth-order valence-electron chi connectivity index (χ4n) is 2.24. The Morgan fingerprint density at radius 3 is 2.32 bits per heavy atom. The number of carbonyl (C=O) groups excluding carboxylic acids is 1. The predicted molar refractivity (Wildman–Crippen MR) is 94.6 cm³/mol. The standard InChI is InChI=1S/C17H17N3O4S/c1-9-14(8-15(25-9)17-20-19-10(2)24-17)18-16(21)11-5-12(22-3)7-13(6-11)23-4/h5-8H,1-4H3,(H,18,21). The van der Waals surface area contributed by atoms with E-state index < -0.39 is 0 Å². The van der Waals surface area contributed by atoms with Crippen molar-refractivity contribution in [1.29, 1.82) is 0 Å². The SMILES string of the molecule is COc1cc(OC)cc(C(=O)Nc2cc(-c3nnc(C)o3)sc2C)c1. The summed E-state index contributed by atoms with van der Waals surface area (Å²) in [5.74, 6) is 1.78. The molecule has 0 aliphatic heterocycles. The van der Waals surface area contributed by atoms with E-state index in [0.29, 0.717) is 34.5 Å². The first-order valence-electron chi connectivity index (χ1n) is 7.45. The molecule has 0 spiro atoms. The fraction of sp³-hybridized carbons (Fsp3) is 0.235. The summed E-state index contributed by atoms with van der Waals surface area (Å²) < 4.78 is 15.8. The third kappa shape index (κ3) is 3.63. The van der Waals surface area contributed by atoms with E-state index in [1.807, 2.05) is 13.0 Å². The summed E-state index contributed by atoms with van der Waals surface area (Å²) in [7, 11) is 3.08. The molecule has 0 saturated heterocycles. The monoisotopic (exact) mass is 359 g/mol. The molecular weight excluding hydrogens is 342 g/mol. The summed E-state index contributed by atoms with van der Waals surface area (Å²) in [6, 6.07) is 6.84. The second kappa shape index (κ2) is 6.94. The minimum absolute atomic E-state index is 0.258. The summed E-state index contributed by atoms with van der Waals surface area (Å²) in [6.45, 7) is 3.65. The van der Waals surface area contributed by atoms with E-state index in [9.17, 15) is 4.79 Å². The molecule has 7 nitrogen and oxygen atoms in total. The van der Waals surface area contributed by atoms with E-state index in [2.05, 4.69) is 15.5 Å². The highest BCUT2D eigenvalue weighted by atomic mass is 32.1. The first-order valence-corrected chi connectivity index (χ1v) is 8.27. The molecule has 3 aromatic rings. The largest absolute Gasteiger partial charge is 0.497 e. The molecule has 1 aromatic carbocycles. The van der Waals surface area contributed by atoms with Crippen molar-refractivity contribution in [3.05, 3.63) is 40.6 Å². The molecule has 8 heteroatoms. The molecule has 1 amide bonds. The van der Waals surface area contributed by atoms with E-state index in [-0.39, 0.29) is 5.91 Å².